The highest BCUT2D eigenvalue weighted by atomic mass is 35.5. The van der Waals surface area contributed by atoms with Crippen LogP contribution in [0.5, 0.6) is 0 Å². The number of hydrogen-bond donors (Lipinski definition) is 1. The standard InChI is InChI=1S/C8H16ClNO.ClH/c9-6-8(11)7-10-4-2-1-3-5-10;/h8,11H,1-7H2;1H. The van der Waals surface area contributed by atoms with E-state index in [4.69, 9.17) is 11.6 Å². The van der Waals surface area contributed by atoms with Crippen LogP contribution in [-0.4, -0.2) is 41.6 Å². The Morgan fingerprint density at radius 2 is 1.83 bits per heavy atom. The van der Waals surface area contributed by atoms with Gasteiger partial charge in [-0.3, -0.25) is 0 Å². The summed E-state index contributed by atoms with van der Waals surface area (Å²) in [5.41, 5.74) is 0. The summed E-state index contributed by atoms with van der Waals surface area (Å²) in [6, 6.07) is 0. The molecule has 0 aromatic carbocycles. The Hall–Kier alpha value is 0.500. The molecular formula is C8H17Cl2NO. The van der Waals surface area contributed by atoms with Crippen molar-refractivity contribution >= 4 is 24.0 Å². The predicted octanol–water partition coefficient (Wildman–Crippen LogP) is 1.49. The van der Waals surface area contributed by atoms with E-state index in [1.807, 2.05) is 0 Å². The molecule has 0 radical (unpaired) electrons. The topological polar surface area (TPSA) is 23.5 Å². The van der Waals surface area contributed by atoms with Gasteiger partial charge in [-0.2, -0.15) is 0 Å². The lowest BCUT2D eigenvalue weighted by atomic mass is 10.1. The first kappa shape index (κ1) is 12.5. The van der Waals surface area contributed by atoms with E-state index in [0.29, 0.717) is 5.88 Å². The molecular weight excluding hydrogens is 197 g/mol. The molecule has 0 aromatic rings. The molecule has 0 spiro atoms. The minimum atomic E-state index is -0.338. The number of alkyl halides is 1. The van der Waals surface area contributed by atoms with E-state index in [9.17, 15) is 5.11 Å². The van der Waals surface area contributed by atoms with Gasteiger partial charge in [0.15, 0.2) is 0 Å². The third-order valence-electron chi connectivity index (χ3n) is 2.10. The summed E-state index contributed by atoms with van der Waals surface area (Å²) in [7, 11) is 0. The molecule has 1 unspecified atom stereocenters. The van der Waals surface area contributed by atoms with Crippen LogP contribution < -0.4 is 0 Å². The van der Waals surface area contributed by atoms with Crippen molar-refractivity contribution in [2.75, 3.05) is 25.5 Å². The molecule has 0 aromatic heterocycles. The highest BCUT2D eigenvalue weighted by Crippen LogP contribution is 2.08. The Labute approximate surface area is 85.3 Å². The fourth-order valence-electron chi connectivity index (χ4n) is 1.49. The van der Waals surface area contributed by atoms with Crippen LogP contribution in [0.1, 0.15) is 19.3 Å². The van der Waals surface area contributed by atoms with E-state index in [-0.39, 0.29) is 18.5 Å². The number of aliphatic hydroxyl groups is 1. The summed E-state index contributed by atoms with van der Waals surface area (Å²) in [6.07, 6.45) is 3.55. The Bertz CT molecular complexity index is 107. The number of piperidine rings is 1. The van der Waals surface area contributed by atoms with Crippen LogP contribution in [0.2, 0.25) is 0 Å². The van der Waals surface area contributed by atoms with Gasteiger partial charge in [-0.25, -0.2) is 0 Å². The van der Waals surface area contributed by atoms with Gasteiger partial charge in [-0.05, 0) is 25.9 Å². The number of aliphatic hydroxyl groups excluding tert-OH is 1. The fourth-order valence-corrected chi connectivity index (χ4v) is 1.59. The van der Waals surface area contributed by atoms with Gasteiger partial charge in [0.25, 0.3) is 0 Å². The maximum Gasteiger partial charge on any atom is 0.0802 e. The summed E-state index contributed by atoms with van der Waals surface area (Å²) >= 11 is 5.49. The minimum Gasteiger partial charge on any atom is -0.391 e. The zero-order chi connectivity index (χ0) is 8.10. The third kappa shape index (κ3) is 4.51. The van der Waals surface area contributed by atoms with Crippen molar-refractivity contribution in [3.05, 3.63) is 0 Å². The second-order valence-electron chi connectivity index (χ2n) is 3.17. The van der Waals surface area contributed by atoms with Crippen LogP contribution in [0.4, 0.5) is 0 Å². The maximum atomic E-state index is 9.24. The molecule has 0 bridgehead atoms. The fraction of sp³-hybridized carbons (Fsp3) is 1.00. The monoisotopic (exact) mass is 213 g/mol. The summed E-state index contributed by atoms with van der Waals surface area (Å²) in [6.45, 7) is 3.02. The van der Waals surface area contributed by atoms with E-state index < -0.39 is 0 Å². The van der Waals surface area contributed by atoms with E-state index in [2.05, 4.69) is 4.90 Å². The average Bonchev–Trinajstić information content (AvgIpc) is 2.06. The number of β-amino-alcohol motifs (C(OH)–C–C–N with tert-alkyl or cyclic N) is 1. The summed E-state index contributed by atoms with van der Waals surface area (Å²) in [4.78, 5) is 2.29. The highest BCUT2D eigenvalue weighted by molar-refractivity contribution is 6.18. The van der Waals surface area contributed by atoms with Crippen LogP contribution in [-0.2, 0) is 0 Å². The molecule has 0 saturated carbocycles. The minimum absolute atomic E-state index is 0. The number of hydrogen-bond acceptors (Lipinski definition) is 2. The Morgan fingerprint density at radius 1 is 1.25 bits per heavy atom. The van der Waals surface area contributed by atoms with Crippen molar-refractivity contribution in [3.8, 4) is 0 Å². The predicted molar refractivity (Wildman–Crippen MR) is 54.3 cm³/mol. The van der Waals surface area contributed by atoms with Crippen LogP contribution in [0, 0.1) is 0 Å². The third-order valence-corrected chi connectivity index (χ3v) is 2.45. The normalized spacial score (nSPS) is 21.5. The van der Waals surface area contributed by atoms with Gasteiger partial charge in [0, 0.05) is 12.4 Å². The SMILES string of the molecule is Cl.OC(CCl)CN1CCCCC1. The van der Waals surface area contributed by atoms with Crippen molar-refractivity contribution in [2.24, 2.45) is 0 Å². The number of nitrogens with zero attached hydrogens (tertiary/aromatic N) is 1. The Balaban J connectivity index is 0.00000121. The molecule has 4 heteroatoms. The summed E-state index contributed by atoms with van der Waals surface area (Å²) in [5, 5.41) is 9.24. The molecule has 1 fully saturated rings. The summed E-state index contributed by atoms with van der Waals surface area (Å²) < 4.78 is 0. The molecule has 2 nitrogen and oxygen atoms in total. The second-order valence-corrected chi connectivity index (χ2v) is 3.48. The van der Waals surface area contributed by atoms with Gasteiger partial charge in [-0.15, -0.1) is 24.0 Å². The lowest BCUT2D eigenvalue weighted by Crippen LogP contribution is -2.36. The van der Waals surface area contributed by atoms with E-state index in [1.165, 1.54) is 19.3 Å². The van der Waals surface area contributed by atoms with Crippen molar-refractivity contribution in [3.63, 3.8) is 0 Å². The Kier molecular flexibility index (Phi) is 7.25. The van der Waals surface area contributed by atoms with Gasteiger partial charge in [-0.1, -0.05) is 6.42 Å². The zero-order valence-electron chi connectivity index (χ0n) is 7.21. The van der Waals surface area contributed by atoms with Crippen LogP contribution in [0.25, 0.3) is 0 Å². The first-order chi connectivity index (χ1) is 5.33. The van der Waals surface area contributed by atoms with Crippen molar-refractivity contribution in [2.45, 2.75) is 25.4 Å². The second kappa shape index (κ2) is 6.96. The van der Waals surface area contributed by atoms with Crippen LogP contribution in [0.3, 0.4) is 0 Å². The zero-order valence-corrected chi connectivity index (χ0v) is 8.78. The smallest absolute Gasteiger partial charge is 0.0802 e. The van der Waals surface area contributed by atoms with E-state index >= 15 is 0 Å². The molecule has 74 valence electrons. The van der Waals surface area contributed by atoms with E-state index in [0.717, 1.165) is 19.6 Å². The van der Waals surface area contributed by atoms with E-state index in [1.54, 1.807) is 0 Å². The quantitative estimate of drug-likeness (QED) is 0.719. The van der Waals surface area contributed by atoms with Crippen LogP contribution in [0.15, 0.2) is 0 Å². The average molecular weight is 214 g/mol. The van der Waals surface area contributed by atoms with Gasteiger partial charge >= 0.3 is 0 Å². The molecule has 0 amide bonds. The lowest BCUT2D eigenvalue weighted by Gasteiger charge is -2.27. The van der Waals surface area contributed by atoms with Crippen molar-refractivity contribution in [1.82, 2.24) is 4.90 Å². The lowest BCUT2D eigenvalue weighted by molar-refractivity contribution is 0.116. The summed E-state index contributed by atoms with van der Waals surface area (Å²) in [5.74, 6) is 0.358. The molecule has 1 aliphatic rings. The molecule has 1 N–H and O–H groups in total. The number of halogens is 2. The highest BCUT2D eigenvalue weighted by Gasteiger charge is 2.13. The molecule has 12 heavy (non-hydrogen) atoms. The Morgan fingerprint density at radius 3 is 2.33 bits per heavy atom. The maximum absolute atomic E-state index is 9.24. The molecule has 0 aliphatic carbocycles. The van der Waals surface area contributed by atoms with Gasteiger partial charge < -0.3 is 10.0 Å². The van der Waals surface area contributed by atoms with Gasteiger partial charge in [0.05, 0.1) is 6.10 Å². The first-order valence-corrected chi connectivity index (χ1v) is 4.83. The molecule has 1 heterocycles. The van der Waals surface area contributed by atoms with Crippen molar-refractivity contribution in [1.29, 1.82) is 0 Å². The molecule has 1 rings (SSSR count). The van der Waals surface area contributed by atoms with Gasteiger partial charge in [0.2, 0.25) is 0 Å². The molecule has 1 saturated heterocycles. The number of rotatable bonds is 3. The van der Waals surface area contributed by atoms with Gasteiger partial charge in [0.1, 0.15) is 0 Å². The number of likely N-dealkylation sites (tertiary alicyclic amines) is 1. The van der Waals surface area contributed by atoms with Crippen LogP contribution >= 0.6 is 24.0 Å². The largest absolute Gasteiger partial charge is 0.391 e. The molecule has 1 aliphatic heterocycles. The first-order valence-electron chi connectivity index (χ1n) is 4.29. The molecule has 1 atom stereocenters. The van der Waals surface area contributed by atoms with Crippen molar-refractivity contribution < 1.29 is 5.11 Å².